The Balaban J connectivity index is 2.93. The number of nitrogens with zero attached hydrogens (tertiary/aromatic N) is 1. The van der Waals surface area contributed by atoms with Gasteiger partial charge in [-0.2, -0.15) is 13.2 Å². The van der Waals surface area contributed by atoms with Gasteiger partial charge in [-0.25, -0.2) is 5.06 Å². The molecule has 0 spiro atoms. The molecule has 1 amide bonds. The molecule has 1 unspecified atom stereocenters. The van der Waals surface area contributed by atoms with E-state index < -0.39 is 24.4 Å². The second-order valence-corrected chi connectivity index (χ2v) is 4.24. The summed E-state index contributed by atoms with van der Waals surface area (Å²) in [5.41, 5.74) is 6.25. The molecule has 110 valence electrons. The van der Waals surface area contributed by atoms with Crippen LogP contribution in [0.5, 0.6) is 0 Å². The quantitative estimate of drug-likeness (QED) is 0.359. The predicted molar refractivity (Wildman–Crippen MR) is 63.7 cm³/mol. The number of rotatable bonds is 6. The van der Waals surface area contributed by atoms with Gasteiger partial charge < -0.3 is 5.73 Å². The molecular formula is C12H13F3N2O3. The van der Waals surface area contributed by atoms with Crippen LogP contribution < -0.4 is 5.73 Å². The van der Waals surface area contributed by atoms with Gasteiger partial charge in [0.25, 0.3) is 0 Å². The largest absolute Gasteiger partial charge is 0.450 e. The number of ketones is 1. The standard InChI is InChI=1S/C12H13F3N2O3/c13-12(14,15)11(19)9(6-17(20)7-18)4-8-2-1-3-10(16)5-8/h1-3,5,7,9,20H,4,6,16H2. The summed E-state index contributed by atoms with van der Waals surface area (Å²) in [5.74, 6) is -3.59. The number of nitrogens with two attached hydrogens (primary N) is 1. The molecule has 1 atom stereocenters. The van der Waals surface area contributed by atoms with E-state index in [1.54, 1.807) is 6.07 Å². The molecule has 0 aliphatic carbocycles. The Morgan fingerprint density at radius 2 is 2.10 bits per heavy atom. The number of nitrogen functional groups attached to an aromatic ring is 1. The summed E-state index contributed by atoms with van der Waals surface area (Å²) in [6.07, 6.45) is -5.38. The third-order valence-corrected chi connectivity index (χ3v) is 2.61. The van der Waals surface area contributed by atoms with Crippen LogP contribution in [0, 0.1) is 5.92 Å². The molecular weight excluding hydrogens is 277 g/mol. The first-order valence-electron chi connectivity index (χ1n) is 5.60. The lowest BCUT2D eigenvalue weighted by molar-refractivity contribution is -0.180. The van der Waals surface area contributed by atoms with E-state index >= 15 is 0 Å². The van der Waals surface area contributed by atoms with Crippen LogP contribution in [0.15, 0.2) is 24.3 Å². The Morgan fingerprint density at radius 1 is 1.45 bits per heavy atom. The third-order valence-electron chi connectivity index (χ3n) is 2.61. The van der Waals surface area contributed by atoms with Crippen molar-refractivity contribution in [2.45, 2.75) is 12.6 Å². The van der Waals surface area contributed by atoms with Crippen molar-refractivity contribution in [2.24, 2.45) is 5.92 Å². The van der Waals surface area contributed by atoms with Gasteiger partial charge in [0.15, 0.2) is 0 Å². The highest BCUT2D eigenvalue weighted by Crippen LogP contribution is 2.24. The number of hydroxylamine groups is 2. The Bertz CT molecular complexity index is 491. The summed E-state index contributed by atoms with van der Waals surface area (Å²) < 4.78 is 37.4. The molecule has 0 bridgehead atoms. The number of anilines is 1. The molecule has 0 heterocycles. The SMILES string of the molecule is Nc1cccc(CC(CN(O)C=O)C(=O)C(F)(F)F)c1. The molecule has 0 aliphatic heterocycles. The number of amides is 1. The molecule has 0 aromatic heterocycles. The van der Waals surface area contributed by atoms with Gasteiger partial charge in [-0.3, -0.25) is 14.8 Å². The summed E-state index contributed by atoms with van der Waals surface area (Å²) in [6, 6.07) is 6.03. The summed E-state index contributed by atoms with van der Waals surface area (Å²) >= 11 is 0. The van der Waals surface area contributed by atoms with Crippen LogP contribution in [0.1, 0.15) is 5.56 Å². The average molecular weight is 290 g/mol. The van der Waals surface area contributed by atoms with Gasteiger partial charge in [0.2, 0.25) is 12.2 Å². The van der Waals surface area contributed by atoms with Crippen molar-refractivity contribution in [1.82, 2.24) is 5.06 Å². The Hall–Kier alpha value is -2.09. The summed E-state index contributed by atoms with van der Waals surface area (Å²) in [4.78, 5) is 21.6. The molecule has 0 radical (unpaired) electrons. The van der Waals surface area contributed by atoms with E-state index in [1.165, 1.54) is 18.2 Å². The maximum absolute atomic E-state index is 12.5. The van der Waals surface area contributed by atoms with Crippen LogP contribution in [0.25, 0.3) is 0 Å². The van der Waals surface area contributed by atoms with Gasteiger partial charge in [-0.1, -0.05) is 12.1 Å². The van der Waals surface area contributed by atoms with Crippen LogP contribution in [0.2, 0.25) is 0 Å². The second-order valence-electron chi connectivity index (χ2n) is 4.24. The topological polar surface area (TPSA) is 83.6 Å². The number of carbonyl (C=O) groups is 2. The zero-order valence-corrected chi connectivity index (χ0v) is 10.3. The number of Topliss-reactive ketones (excluding diaryl/α,β-unsaturated/α-hetero) is 1. The highest BCUT2D eigenvalue weighted by molar-refractivity contribution is 5.87. The smallest absolute Gasteiger partial charge is 0.399 e. The zero-order valence-electron chi connectivity index (χ0n) is 10.3. The lowest BCUT2D eigenvalue weighted by Gasteiger charge is -2.20. The number of hydrogen-bond donors (Lipinski definition) is 2. The fourth-order valence-corrected chi connectivity index (χ4v) is 1.75. The number of halogens is 3. The molecule has 1 rings (SSSR count). The molecule has 1 aromatic carbocycles. The summed E-state index contributed by atoms with van der Waals surface area (Å²) in [6.45, 7) is -0.739. The lowest BCUT2D eigenvalue weighted by Crippen LogP contribution is -2.38. The van der Waals surface area contributed by atoms with Gasteiger partial charge in [0.1, 0.15) is 0 Å². The van der Waals surface area contributed by atoms with Gasteiger partial charge >= 0.3 is 6.18 Å². The lowest BCUT2D eigenvalue weighted by atomic mass is 9.94. The molecule has 3 N–H and O–H groups in total. The molecule has 0 saturated heterocycles. The first kappa shape index (κ1) is 16.0. The van der Waals surface area contributed by atoms with Crippen molar-refractivity contribution in [3.05, 3.63) is 29.8 Å². The Morgan fingerprint density at radius 3 is 2.60 bits per heavy atom. The molecule has 0 aliphatic rings. The third kappa shape index (κ3) is 4.54. The molecule has 5 nitrogen and oxygen atoms in total. The molecule has 0 fully saturated rings. The van der Waals surface area contributed by atoms with Crippen LogP contribution in [0.4, 0.5) is 18.9 Å². The Labute approximate surface area is 112 Å². The molecule has 1 aromatic rings. The maximum Gasteiger partial charge on any atom is 0.450 e. The number of carbonyl (C=O) groups excluding carboxylic acids is 2. The van der Waals surface area contributed by atoms with Gasteiger partial charge in [-0.05, 0) is 24.1 Å². The van der Waals surface area contributed by atoms with Crippen LogP contribution >= 0.6 is 0 Å². The van der Waals surface area contributed by atoms with Crippen molar-refractivity contribution in [1.29, 1.82) is 0 Å². The van der Waals surface area contributed by atoms with E-state index in [1.807, 2.05) is 0 Å². The monoisotopic (exact) mass is 290 g/mol. The fraction of sp³-hybridized carbons (Fsp3) is 0.333. The number of alkyl halides is 3. The first-order chi connectivity index (χ1) is 9.24. The van der Waals surface area contributed by atoms with Crippen molar-refractivity contribution in [2.75, 3.05) is 12.3 Å². The maximum atomic E-state index is 12.5. The Kier molecular flexibility index (Phi) is 5.09. The van der Waals surface area contributed by atoms with E-state index in [2.05, 4.69) is 0 Å². The van der Waals surface area contributed by atoms with Crippen molar-refractivity contribution < 1.29 is 28.0 Å². The van der Waals surface area contributed by atoms with Gasteiger partial charge in [-0.15, -0.1) is 0 Å². The van der Waals surface area contributed by atoms with Crippen molar-refractivity contribution in [3.8, 4) is 0 Å². The predicted octanol–water partition coefficient (Wildman–Crippen LogP) is 1.41. The van der Waals surface area contributed by atoms with E-state index in [0.29, 0.717) is 11.3 Å². The van der Waals surface area contributed by atoms with Crippen molar-refractivity contribution in [3.63, 3.8) is 0 Å². The number of hydrogen-bond acceptors (Lipinski definition) is 4. The van der Waals surface area contributed by atoms with Crippen LogP contribution in [-0.2, 0) is 16.0 Å². The van der Waals surface area contributed by atoms with E-state index in [-0.39, 0.29) is 17.9 Å². The van der Waals surface area contributed by atoms with Crippen LogP contribution in [-0.4, -0.2) is 35.2 Å². The fourth-order valence-electron chi connectivity index (χ4n) is 1.75. The number of benzene rings is 1. The summed E-state index contributed by atoms with van der Waals surface area (Å²) in [5, 5.41) is 9.01. The highest BCUT2D eigenvalue weighted by atomic mass is 19.4. The molecule has 8 heteroatoms. The first-order valence-corrected chi connectivity index (χ1v) is 5.60. The minimum Gasteiger partial charge on any atom is -0.399 e. The minimum atomic E-state index is -5.03. The minimum absolute atomic E-state index is 0.0145. The van der Waals surface area contributed by atoms with Gasteiger partial charge in [0.05, 0.1) is 12.5 Å². The average Bonchev–Trinajstić information content (AvgIpc) is 2.35. The van der Waals surface area contributed by atoms with Crippen molar-refractivity contribution >= 4 is 17.9 Å². The highest BCUT2D eigenvalue weighted by Gasteiger charge is 2.43. The molecule has 20 heavy (non-hydrogen) atoms. The zero-order chi connectivity index (χ0) is 15.3. The molecule has 0 saturated carbocycles. The van der Waals surface area contributed by atoms with E-state index in [0.717, 1.165) is 0 Å². The van der Waals surface area contributed by atoms with Gasteiger partial charge in [0, 0.05) is 5.69 Å². The summed E-state index contributed by atoms with van der Waals surface area (Å²) in [7, 11) is 0. The van der Waals surface area contributed by atoms with Crippen LogP contribution in [0.3, 0.4) is 0 Å². The van der Waals surface area contributed by atoms with E-state index in [4.69, 9.17) is 10.9 Å². The van der Waals surface area contributed by atoms with E-state index in [9.17, 15) is 22.8 Å². The normalized spacial score (nSPS) is 12.8. The second kappa shape index (κ2) is 6.38.